The van der Waals surface area contributed by atoms with Gasteiger partial charge in [-0.15, -0.1) is 0 Å². The minimum Gasteiger partial charge on any atom is -0.380 e. The lowest BCUT2D eigenvalue weighted by Gasteiger charge is -2.13. The van der Waals surface area contributed by atoms with E-state index in [-0.39, 0.29) is 11.5 Å². The van der Waals surface area contributed by atoms with E-state index in [2.05, 4.69) is 15.6 Å². The van der Waals surface area contributed by atoms with Gasteiger partial charge in [-0.05, 0) is 29.7 Å². The molecule has 7 nitrogen and oxygen atoms in total. The Hall–Kier alpha value is -3.39. The third-order valence-corrected chi connectivity index (χ3v) is 6.43. The van der Waals surface area contributed by atoms with Crippen molar-refractivity contribution in [2.45, 2.75) is 25.6 Å². The number of pyridine rings is 1. The van der Waals surface area contributed by atoms with Crippen molar-refractivity contribution in [3.05, 3.63) is 83.6 Å². The number of aromatic nitrogens is 1. The van der Waals surface area contributed by atoms with Crippen LogP contribution in [0.2, 0.25) is 0 Å². The highest BCUT2D eigenvalue weighted by molar-refractivity contribution is 7.90. The van der Waals surface area contributed by atoms with Gasteiger partial charge in [0.15, 0.2) is 9.84 Å². The van der Waals surface area contributed by atoms with E-state index in [4.69, 9.17) is 5.73 Å². The molecule has 0 saturated carbocycles. The number of nitrogens with zero attached hydrogens (tertiary/aromatic N) is 1. The molecule has 0 atom stereocenters. The number of sulfone groups is 1. The van der Waals surface area contributed by atoms with Gasteiger partial charge in [-0.2, -0.15) is 0 Å². The van der Waals surface area contributed by atoms with Crippen LogP contribution in [0, 0.1) is 0 Å². The second kappa shape index (κ2) is 10.1. The molecular formula is C23H26N4O3S. The Balaban J connectivity index is 1.73. The van der Waals surface area contributed by atoms with Crippen LogP contribution in [0.25, 0.3) is 0 Å². The number of amides is 1. The summed E-state index contributed by atoms with van der Waals surface area (Å²) in [6, 6.07) is 18.7. The molecule has 0 aliphatic carbocycles. The first-order valence-corrected chi connectivity index (χ1v) is 11.8. The van der Waals surface area contributed by atoms with Crippen LogP contribution in [-0.2, 0) is 22.1 Å². The Morgan fingerprint density at radius 3 is 2.39 bits per heavy atom. The summed E-state index contributed by atoms with van der Waals surface area (Å²) in [5.74, 6) is 0.182. The highest BCUT2D eigenvalue weighted by Crippen LogP contribution is 2.23. The molecule has 3 aromatic rings. The van der Waals surface area contributed by atoms with E-state index < -0.39 is 15.7 Å². The maximum Gasteiger partial charge on any atom is 0.252 e. The summed E-state index contributed by atoms with van der Waals surface area (Å²) in [7, 11) is -3.09. The average Bonchev–Trinajstić information content (AvgIpc) is 2.74. The van der Waals surface area contributed by atoms with Gasteiger partial charge >= 0.3 is 0 Å². The first-order valence-electron chi connectivity index (χ1n) is 10.0. The maximum absolute atomic E-state index is 12.0. The van der Waals surface area contributed by atoms with Crippen LogP contribution < -0.4 is 16.4 Å². The standard InChI is InChI=1S/C23H26N4O3S/c1-2-12-31(29,30)16-18-8-10-19(11-9-18)27-22-13-21(20(15-26-22)23(24)28)25-14-17-6-4-3-5-7-17/h3-11,13,15H,2,12,14,16H2,1H3,(H2,24,28)(H2,25,26,27). The lowest BCUT2D eigenvalue weighted by molar-refractivity contribution is 0.100. The highest BCUT2D eigenvalue weighted by Gasteiger charge is 2.12. The Morgan fingerprint density at radius 1 is 1.03 bits per heavy atom. The van der Waals surface area contributed by atoms with E-state index in [1.807, 2.05) is 37.3 Å². The van der Waals surface area contributed by atoms with Crippen molar-refractivity contribution in [3.8, 4) is 0 Å². The number of primary amides is 1. The van der Waals surface area contributed by atoms with Crippen molar-refractivity contribution in [1.82, 2.24) is 4.98 Å². The average molecular weight is 439 g/mol. The predicted octanol–water partition coefficient (Wildman–Crippen LogP) is 3.86. The topological polar surface area (TPSA) is 114 Å². The van der Waals surface area contributed by atoms with E-state index in [9.17, 15) is 13.2 Å². The Labute approximate surface area is 182 Å². The molecule has 0 aliphatic heterocycles. The molecule has 0 fully saturated rings. The molecule has 0 radical (unpaired) electrons. The largest absolute Gasteiger partial charge is 0.380 e. The van der Waals surface area contributed by atoms with E-state index in [1.54, 1.807) is 30.3 Å². The van der Waals surface area contributed by atoms with Crippen LogP contribution >= 0.6 is 0 Å². The summed E-state index contributed by atoms with van der Waals surface area (Å²) in [6.45, 7) is 2.38. The summed E-state index contributed by atoms with van der Waals surface area (Å²) < 4.78 is 24.0. The van der Waals surface area contributed by atoms with Gasteiger partial charge in [0.25, 0.3) is 5.91 Å². The fourth-order valence-electron chi connectivity index (χ4n) is 3.13. The highest BCUT2D eigenvalue weighted by atomic mass is 32.2. The Kier molecular flexibility index (Phi) is 7.25. The van der Waals surface area contributed by atoms with Gasteiger partial charge in [-0.3, -0.25) is 4.79 Å². The third kappa shape index (κ3) is 6.55. The summed E-state index contributed by atoms with van der Waals surface area (Å²) in [5, 5.41) is 6.41. The normalized spacial score (nSPS) is 11.1. The number of hydrogen-bond acceptors (Lipinski definition) is 6. The molecular weight excluding hydrogens is 412 g/mol. The number of nitrogens with one attached hydrogen (secondary N) is 2. The molecule has 1 aromatic heterocycles. The minimum absolute atomic E-state index is 0.0280. The zero-order chi connectivity index (χ0) is 22.3. The Morgan fingerprint density at radius 2 is 1.74 bits per heavy atom. The smallest absolute Gasteiger partial charge is 0.252 e. The molecule has 162 valence electrons. The molecule has 31 heavy (non-hydrogen) atoms. The minimum atomic E-state index is -3.09. The van der Waals surface area contributed by atoms with Gasteiger partial charge < -0.3 is 16.4 Å². The van der Waals surface area contributed by atoms with Crippen LogP contribution in [0.15, 0.2) is 66.9 Å². The van der Waals surface area contributed by atoms with Crippen molar-refractivity contribution in [1.29, 1.82) is 0 Å². The van der Waals surface area contributed by atoms with Crippen LogP contribution in [0.1, 0.15) is 34.8 Å². The predicted molar refractivity (Wildman–Crippen MR) is 124 cm³/mol. The first-order chi connectivity index (χ1) is 14.9. The number of carbonyl (C=O) groups excluding carboxylic acids is 1. The van der Waals surface area contributed by atoms with Crippen LogP contribution in [0.3, 0.4) is 0 Å². The number of carbonyl (C=O) groups is 1. The van der Waals surface area contributed by atoms with E-state index >= 15 is 0 Å². The van der Waals surface area contributed by atoms with E-state index in [0.717, 1.165) is 16.8 Å². The molecule has 1 heterocycles. The first kappa shape index (κ1) is 22.3. The summed E-state index contributed by atoms with van der Waals surface area (Å²) in [4.78, 5) is 16.0. The van der Waals surface area contributed by atoms with Crippen molar-refractivity contribution in [3.63, 3.8) is 0 Å². The zero-order valence-corrected chi connectivity index (χ0v) is 18.2. The van der Waals surface area contributed by atoms with Crippen LogP contribution in [0.4, 0.5) is 17.2 Å². The molecule has 0 bridgehead atoms. The van der Waals surface area contributed by atoms with Gasteiger partial charge in [-0.1, -0.05) is 49.4 Å². The number of benzene rings is 2. The number of nitrogens with two attached hydrogens (primary N) is 1. The van der Waals surface area contributed by atoms with Crippen molar-refractivity contribution < 1.29 is 13.2 Å². The van der Waals surface area contributed by atoms with Gasteiger partial charge in [0.05, 0.1) is 22.8 Å². The molecule has 0 aliphatic rings. The third-order valence-electron chi connectivity index (χ3n) is 4.62. The number of hydrogen-bond donors (Lipinski definition) is 3. The molecule has 2 aromatic carbocycles. The summed E-state index contributed by atoms with van der Waals surface area (Å²) >= 11 is 0. The van der Waals surface area contributed by atoms with Crippen molar-refractivity contribution in [2.24, 2.45) is 5.73 Å². The van der Waals surface area contributed by atoms with Crippen molar-refractivity contribution >= 4 is 32.9 Å². The van der Waals surface area contributed by atoms with Crippen LogP contribution in [0.5, 0.6) is 0 Å². The fraction of sp³-hybridized carbons (Fsp3) is 0.217. The Bertz CT molecular complexity index is 1130. The van der Waals surface area contributed by atoms with E-state index in [0.29, 0.717) is 30.0 Å². The molecule has 1 amide bonds. The van der Waals surface area contributed by atoms with Crippen molar-refractivity contribution in [2.75, 3.05) is 16.4 Å². The number of rotatable bonds is 10. The second-order valence-corrected chi connectivity index (χ2v) is 9.42. The molecule has 0 spiro atoms. The quantitative estimate of drug-likeness (QED) is 0.443. The van der Waals surface area contributed by atoms with E-state index in [1.165, 1.54) is 6.20 Å². The molecule has 4 N–H and O–H groups in total. The molecule has 8 heteroatoms. The van der Waals surface area contributed by atoms with Gasteiger partial charge in [0, 0.05) is 24.5 Å². The summed E-state index contributed by atoms with van der Waals surface area (Å²) in [6.07, 6.45) is 2.04. The lowest BCUT2D eigenvalue weighted by atomic mass is 10.2. The second-order valence-electron chi connectivity index (χ2n) is 7.23. The van der Waals surface area contributed by atoms with Gasteiger partial charge in [0.2, 0.25) is 0 Å². The van der Waals surface area contributed by atoms with Gasteiger partial charge in [0.1, 0.15) is 5.82 Å². The maximum atomic E-state index is 12.0. The fourth-order valence-corrected chi connectivity index (χ4v) is 4.60. The SMILES string of the molecule is CCCS(=O)(=O)Cc1ccc(Nc2cc(NCc3ccccc3)c(C(N)=O)cn2)cc1. The molecule has 0 saturated heterocycles. The molecule has 3 rings (SSSR count). The summed E-state index contributed by atoms with van der Waals surface area (Å²) in [5.41, 5.74) is 8.93. The van der Waals surface area contributed by atoms with Crippen LogP contribution in [-0.4, -0.2) is 25.1 Å². The monoisotopic (exact) mass is 438 g/mol. The lowest BCUT2D eigenvalue weighted by Crippen LogP contribution is -2.15. The zero-order valence-electron chi connectivity index (χ0n) is 17.3. The van der Waals surface area contributed by atoms with Gasteiger partial charge in [-0.25, -0.2) is 13.4 Å². The number of anilines is 3. The molecule has 0 unspecified atom stereocenters.